The Balaban J connectivity index is 1.82. The van der Waals surface area contributed by atoms with Crippen LogP contribution in [0.4, 0.5) is 0 Å². The predicted molar refractivity (Wildman–Crippen MR) is 72.2 cm³/mol. The Hall–Kier alpha value is -1.79. The molecule has 1 aliphatic heterocycles. The van der Waals surface area contributed by atoms with Gasteiger partial charge in [0.2, 0.25) is 0 Å². The van der Waals surface area contributed by atoms with Crippen LogP contribution in [0.25, 0.3) is 0 Å². The van der Waals surface area contributed by atoms with Gasteiger partial charge in [0.05, 0.1) is 6.54 Å². The van der Waals surface area contributed by atoms with Crippen molar-refractivity contribution < 1.29 is 4.79 Å². The van der Waals surface area contributed by atoms with Crippen molar-refractivity contribution in [1.29, 1.82) is 0 Å². The van der Waals surface area contributed by atoms with Crippen LogP contribution >= 0.6 is 0 Å². The smallest absolute Gasteiger partial charge is 0.251 e. The highest BCUT2D eigenvalue weighted by Crippen LogP contribution is 2.10. The van der Waals surface area contributed by atoms with Gasteiger partial charge in [0.1, 0.15) is 0 Å². The summed E-state index contributed by atoms with van der Waals surface area (Å²) in [4.78, 5) is 14.2. The number of nitrogens with one attached hydrogen (secondary N) is 1. The maximum Gasteiger partial charge on any atom is 0.251 e. The van der Waals surface area contributed by atoms with E-state index in [9.17, 15) is 4.79 Å². The summed E-state index contributed by atoms with van der Waals surface area (Å²) in [5.41, 5.74) is 0.726. The number of carbonyl (C=O) groups excluding carboxylic acids is 1. The van der Waals surface area contributed by atoms with E-state index in [4.69, 9.17) is 6.42 Å². The lowest BCUT2D eigenvalue weighted by atomic mass is 10.0. The van der Waals surface area contributed by atoms with Crippen molar-refractivity contribution in [3.8, 4) is 12.3 Å². The summed E-state index contributed by atoms with van der Waals surface area (Å²) in [7, 11) is 0. The number of amides is 1. The van der Waals surface area contributed by atoms with E-state index in [-0.39, 0.29) is 11.9 Å². The van der Waals surface area contributed by atoms with Crippen molar-refractivity contribution in [2.45, 2.75) is 18.9 Å². The van der Waals surface area contributed by atoms with Crippen LogP contribution < -0.4 is 5.32 Å². The number of rotatable bonds is 3. The average Bonchev–Trinajstić information content (AvgIpc) is 2.42. The molecule has 1 heterocycles. The van der Waals surface area contributed by atoms with Gasteiger partial charge in [-0.15, -0.1) is 6.42 Å². The predicted octanol–water partition coefficient (Wildman–Crippen LogP) is 1.51. The minimum atomic E-state index is 0.0194. The summed E-state index contributed by atoms with van der Waals surface area (Å²) in [5.74, 6) is 2.68. The Morgan fingerprint density at radius 3 is 2.61 bits per heavy atom. The first kappa shape index (κ1) is 12.7. The van der Waals surface area contributed by atoms with Gasteiger partial charge in [-0.25, -0.2) is 0 Å². The molecule has 1 N–H and O–H groups in total. The van der Waals surface area contributed by atoms with E-state index < -0.39 is 0 Å². The number of hydrogen-bond acceptors (Lipinski definition) is 2. The molecule has 1 aromatic carbocycles. The molecular formula is C15H18N2O. The normalized spacial score (nSPS) is 17.1. The fourth-order valence-electron chi connectivity index (χ4n) is 2.22. The average molecular weight is 242 g/mol. The SMILES string of the molecule is C#CCN1CCC(NC(=O)c2ccccc2)CC1. The third kappa shape index (κ3) is 3.35. The first-order chi connectivity index (χ1) is 8.79. The molecule has 1 aliphatic rings. The van der Waals surface area contributed by atoms with Gasteiger partial charge in [-0.05, 0) is 25.0 Å². The molecule has 1 fully saturated rings. The van der Waals surface area contributed by atoms with Crippen molar-refractivity contribution in [2.75, 3.05) is 19.6 Å². The molecule has 0 unspecified atom stereocenters. The van der Waals surface area contributed by atoms with Crippen LogP contribution in [0.1, 0.15) is 23.2 Å². The summed E-state index contributed by atoms with van der Waals surface area (Å²) in [6.07, 6.45) is 7.23. The maximum atomic E-state index is 12.0. The lowest BCUT2D eigenvalue weighted by Gasteiger charge is -2.31. The van der Waals surface area contributed by atoms with E-state index in [0.717, 1.165) is 31.5 Å². The van der Waals surface area contributed by atoms with Gasteiger partial charge in [-0.1, -0.05) is 24.1 Å². The summed E-state index contributed by atoms with van der Waals surface area (Å²) in [6, 6.07) is 9.61. The topological polar surface area (TPSA) is 32.3 Å². The van der Waals surface area contributed by atoms with E-state index in [1.807, 2.05) is 30.3 Å². The third-order valence-corrected chi connectivity index (χ3v) is 3.27. The van der Waals surface area contributed by atoms with Crippen LogP contribution in [-0.2, 0) is 0 Å². The van der Waals surface area contributed by atoms with Crippen LogP contribution in [0.3, 0.4) is 0 Å². The molecule has 0 bridgehead atoms. The Kier molecular flexibility index (Phi) is 4.38. The zero-order chi connectivity index (χ0) is 12.8. The van der Waals surface area contributed by atoms with Crippen molar-refractivity contribution in [2.24, 2.45) is 0 Å². The van der Waals surface area contributed by atoms with Gasteiger partial charge in [0.15, 0.2) is 0 Å². The molecule has 0 atom stereocenters. The molecule has 1 aromatic rings. The number of nitrogens with zero attached hydrogens (tertiary/aromatic N) is 1. The lowest BCUT2D eigenvalue weighted by Crippen LogP contribution is -2.44. The number of terminal acetylenes is 1. The van der Waals surface area contributed by atoms with E-state index in [1.165, 1.54) is 0 Å². The highest BCUT2D eigenvalue weighted by molar-refractivity contribution is 5.94. The summed E-state index contributed by atoms with van der Waals surface area (Å²) in [6.45, 7) is 2.63. The minimum Gasteiger partial charge on any atom is -0.349 e. The first-order valence-electron chi connectivity index (χ1n) is 6.31. The van der Waals surface area contributed by atoms with Crippen LogP contribution in [0.2, 0.25) is 0 Å². The second kappa shape index (κ2) is 6.23. The summed E-state index contributed by atoms with van der Waals surface area (Å²) < 4.78 is 0. The largest absolute Gasteiger partial charge is 0.349 e. The molecule has 3 heteroatoms. The monoisotopic (exact) mass is 242 g/mol. The molecule has 3 nitrogen and oxygen atoms in total. The number of benzene rings is 1. The molecule has 0 aromatic heterocycles. The minimum absolute atomic E-state index is 0.0194. The lowest BCUT2D eigenvalue weighted by molar-refractivity contribution is 0.0914. The molecular weight excluding hydrogens is 224 g/mol. The molecule has 0 radical (unpaired) electrons. The van der Waals surface area contributed by atoms with E-state index in [2.05, 4.69) is 16.1 Å². The number of piperidine rings is 1. The molecule has 18 heavy (non-hydrogen) atoms. The number of likely N-dealkylation sites (tertiary alicyclic amines) is 1. The molecule has 0 spiro atoms. The van der Waals surface area contributed by atoms with Gasteiger partial charge in [-0.2, -0.15) is 0 Å². The van der Waals surface area contributed by atoms with Crippen LogP contribution in [0.5, 0.6) is 0 Å². The third-order valence-electron chi connectivity index (χ3n) is 3.27. The fourth-order valence-corrected chi connectivity index (χ4v) is 2.22. The van der Waals surface area contributed by atoms with Gasteiger partial charge >= 0.3 is 0 Å². The standard InChI is InChI=1S/C15H18N2O/c1-2-10-17-11-8-14(9-12-17)16-15(18)13-6-4-3-5-7-13/h1,3-7,14H,8-12H2,(H,16,18). The van der Waals surface area contributed by atoms with E-state index >= 15 is 0 Å². The molecule has 0 aliphatic carbocycles. The summed E-state index contributed by atoms with van der Waals surface area (Å²) in [5, 5.41) is 3.08. The molecule has 1 amide bonds. The van der Waals surface area contributed by atoms with Crippen LogP contribution in [-0.4, -0.2) is 36.5 Å². The quantitative estimate of drug-likeness (QED) is 0.815. The van der Waals surface area contributed by atoms with Crippen molar-refractivity contribution >= 4 is 5.91 Å². The molecule has 0 saturated carbocycles. The van der Waals surface area contributed by atoms with Gasteiger partial charge in [0, 0.05) is 24.7 Å². The zero-order valence-electron chi connectivity index (χ0n) is 10.4. The molecule has 1 saturated heterocycles. The molecule has 94 valence electrons. The van der Waals surface area contributed by atoms with Crippen LogP contribution in [0, 0.1) is 12.3 Å². The second-order valence-corrected chi connectivity index (χ2v) is 4.59. The molecule has 2 rings (SSSR count). The van der Waals surface area contributed by atoms with Crippen molar-refractivity contribution in [3.05, 3.63) is 35.9 Å². The number of carbonyl (C=O) groups is 1. The zero-order valence-corrected chi connectivity index (χ0v) is 10.4. The highest BCUT2D eigenvalue weighted by Gasteiger charge is 2.20. The van der Waals surface area contributed by atoms with Gasteiger partial charge in [-0.3, -0.25) is 9.69 Å². The summed E-state index contributed by atoms with van der Waals surface area (Å²) >= 11 is 0. The fraction of sp³-hybridized carbons (Fsp3) is 0.400. The Morgan fingerprint density at radius 2 is 2.00 bits per heavy atom. The van der Waals surface area contributed by atoms with E-state index in [0.29, 0.717) is 6.54 Å². The number of hydrogen-bond donors (Lipinski definition) is 1. The van der Waals surface area contributed by atoms with E-state index in [1.54, 1.807) is 0 Å². The van der Waals surface area contributed by atoms with Crippen LogP contribution in [0.15, 0.2) is 30.3 Å². The Labute approximate surface area is 108 Å². The van der Waals surface area contributed by atoms with Gasteiger partial charge in [0.25, 0.3) is 5.91 Å². The Bertz CT molecular complexity index is 428. The first-order valence-corrected chi connectivity index (χ1v) is 6.31. The van der Waals surface area contributed by atoms with Crippen molar-refractivity contribution in [1.82, 2.24) is 10.2 Å². The maximum absolute atomic E-state index is 12.0. The van der Waals surface area contributed by atoms with Crippen molar-refractivity contribution in [3.63, 3.8) is 0 Å². The highest BCUT2D eigenvalue weighted by atomic mass is 16.1. The van der Waals surface area contributed by atoms with Gasteiger partial charge < -0.3 is 5.32 Å². The Morgan fingerprint density at radius 1 is 1.33 bits per heavy atom. The second-order valence-electron chi connectivity index (χ2n) is 4.59.